The number of carbonyl (C=O) groups excluding carboxylic acids is 1. The highest BCUT2D eigenvalue weighted by Crippen LogP contribution is 2.71. The van der Waals surface area contributed by atoms with Crippen LogP contribution >= 0.6 is 11.6 Å². The molecule has 10 heteroatoms. The standard InChI is InChI=1S/C21H22ClF2N5O2/c1-11(31-4)17-14(10-26-16-9-15(22)28-29(16)17)27-13-7-5-12(6-8-13)18-20(2,19(30)25-3)21(18,23)24/h5-11,18,27H,1-4H3,(H,25,30)/t11-,18?,20?/m0/s1. The van der Waals surface area contributed by atoms with Crippen LogP contribution in [0.15, 0.2) is 36.5 Å². The van der Waals surface area contributed by atoms with Gasteiger partial charge in [-0.1, -0.05) is 23.7 Å². The summed E-state index contributed by atoms with van der Waals surface area (Å²) in [6.45, 7) is 3.16. The number of alkyl halides is 2. The molecule has 2 N–H and O–H groups in total. The number of amides is 1. The molecule has 0 saturated heterocycles. The summed E-state index contributed by atoms with van der Waals surface area (Å²) in [5.41, 5.74) is 1.25. The van der Waals surface area contributed by atoms with Crippen LogP contribution in [0.1, 0.15) is 37.1 Å². The predicted molar refractivity (Wildman–Crippen MR) is 113 cm³/mol. The molecule has 1 saturated carbocycles. The van der Waals surface area contributed by atoms with E-state index < -0.39 is 23.2 Å². The summed E-state index contributed by atoms with van der Waals surface area (Å²) in [6.07, 6.45) is 1.32. The minimum Gasteiger partial charge on any atom is -0.375 e. The molecule has 3 atom stereocenters. The minimum atomic E-state index is -3.10. The Kier molecular flexibility index (Phi) is 5.13. The van der Waals surface area contributed by atoms with Crippen molar-refractivity contribution in [1.82, 2.24) is 19.9 Å². The van der Waals surface area contributed by atoms with Crippen LogP contribution in [0.5, 0.6) is 0 Å². The van der Waals surface area contributed by atoms with Crippen LogP contribution in [0.2, 0.25) is 5.15 Å². The zero-order valence-electron chi connectivity index (χ0n) is 17.4. The highest BCUT2D eigenvalue weighted by Gasteiger charge is 2.82. The number of benzene rings is 1. The van der Waals surface area contributed by atoms with Gasteiger partial charge in [-0.05, 0) is 31.5 Å². The third-order valence-electron chi connectivity index (χ3n) is 6.00. The normalized spacial score (nSPS) is 22.9. The van der Waals surface area contributed by atoms with Crippen molar-refractivity contribution in [2.75, 3.05) is 19.5 Å². The molecule has 2 heterocycles. The second-order valence-electron chi connectivity index (χ2n) is 7.76. The molecular formula is C21H22ClF2N5O2. The molecule has 1 fully saturated rings. The number of hydrogen-bond acceptors (Lipinski definition) is 5. The average molecular weight is 450 g/mol. The number of rotatable bonds is 6. The molecule has 2 aromatic heterocycles. The van der Waals surface area contributed by atoms with Gasteiger partial charge in [0.15, 0.2) is 10.8 Å². The van der Waals surface area contributed by atoms with Crippen molar-refractivity contribution in [3.8, 4) is 0 Å². The lowest BCUT2D eigenvalue weighted by molar-refractivity contribution is -0.128. The third kappa shape index (κ3) is 3.23. The van der Waals surface area contributed by atoms with Crippen LogP contribution in [0, 0.1) is 5.41 Å². The Morgan fingerprint density at radius 3 is 2.61 bits per heavy atom. The van der Waals surface area contributed by atoms with E-state index in [0.717, 1.165) is 0 Å². The van der Waals surface area contributed by atoms with Gasteiger partial charge >= 0.3 is 0 Å². The van der Waals surface area contributed by atoms with Crippen LogP contribution in [0.4, 0.5) is 20.2 Å². The maximum absolute atomic E-state index is 14.4. The maximum Gasteiger partial charge on any atom is 0.270 e. The van der Waals surface area contributed by atoms with Gasteiger partial charge in [0, 0.05) is 25.9 Å². The van der Waals surface area contributed by atoms with E-state index in [9.17, 15) is 13.6 Å². The van der Waals surface area contributed by atoms with Crippen LogP contribution in [-0.4, -0.2) is 40.6 Å². The molecule has 31 heavy (non-hydrogen) atoms. The molecule has 1 aliphatic rings. The fraction of sp³-hybridized carbons (Fsp3) is 0.381. The van der Waals surface area contributed by atoms with Crippen molar-refractivity contribution in [3.05, 3.63) is 52.9 Å². The molecule has 1 amide bonds. The molecule has 0 spiro atoms. The highest BCUT2D eigenvalue weighted by atomic mass is 35.5. The lowest BCUT2D eigenvalue weighted by Crippen LogP contribution is -2.31. The topological polar surface area (TPSA) is 80.5 Å². The average Bonchev–Trinajstić information content (AvgIpc) is 3.00. The first kappa shape index (κ1) is 21.5. The quantitative estimate of drug-likeness (QED) is 0.586. The Morgan fingerprint density at radius 2 is 2.00 bits per heavy atom. The first-order valence-corrected chi connectivity index (χ1v) is 10.1. The molecule has 2 unspecified atom stereocenters. The van der Waals surface area contributed by atoms with Crippen LogP contribution in [-0.2, 0) is 9.53 Å². The monoisotopic (exact) mass is 449 g/mol. The van der Waals surface area contributed by atoms with Gasteiger partial charge in [0.25, 0.3) is 5.92 Å². The molecule has 0 aliphatic heterocycles. The van der Waals surface area contributed by atoms with Crippen LogP contribution in [0.25, 0.3) is 5.65 Å². The summed E-state index contributed by atoms with van der Waals surface area (Å²) in [5, 5.41) is 10.1. The second kappa shape index (κ2) is 7.42. The van der Waals surface area contributed by atoms with Gasteiger partial charge < -0.3 is 15.4 Å². The molecule has 1 aromatic carbocycles. The third-order valence-corrected chi connectivity index (χ3v) is 6.18. The Morgan fingerprint density at radius 1 is 1.32 bits per heavy atom. The van der Waals surface area contributed by atoms with Crippen molar-refractivity contribution >= 4 is 34.5 Å². The van der Waals surface area contributed by atoms with Crippen LogP contribution in [0.3, 0.4) is 0 Å². The van der Waals surface area contributed by atoms with Gasteiger partial charge in [-0.2, -0.15) is 5.10 Å². The summed E-state index contributed by atoms with van der Waals surface area (Å²) in [5.74, 6) is -4.93. The van der Waals surface area contributed by atoms with Gasteiger partial charge in [-0.3, -0.25) is 4.79 Å². The fourth-order valence-corrected chi connectivity index (χ4v) is 4.23. The number of nitrogens with one attached hydrogen (secondary N) is 2. The summed E-state index contributed by atoms with van der Waals surface area (Å²) in [4.78, 5) is 16.4. The van der Waals surface area contributed by atoms with Gasteiger partial charge in [-0.15, -0.1) is 0 Å². The lowest BCUT2D eigenvalue weighted by Gasteiger charge is -2.17. The molecule has 0 bridgehead atoms. The Labute approximate surface area is 182 Å². The van der Waals surface area contributed by atoms with E-state index in [1.54, 1.807) is 48.2 Å². The molecular weight excluding hydrogens is 428 g/mol. The number of hydrogen-bond donors (Lipinski definition) is 2. The van der Waals surface area contributed by atoms with E-state index in [1.807, 2.05) is 6.92 Å². The van der Waals surface area contributed by atoms with Crippen molar-refractivity contribution in [2.45, 2.75) is 31.8 Å². The smallest absolute Gasteiger partial charge is 0.270 e. The zero-order chi connectivity index (χ0) is 22.6. The lowest BCUT2D eigenvalue weighted by atomic mass is 10.00. The Hall–Kier alpha value is -2.78. The largest absolute Gasteiger partial charge is 0.375 e. The molecule has 1 aliphatic carbocycles. The van der Waals surface area contributed by atoms with Crippen molar-refractivity contribution in [3.63, 3.8) is 0 Å². The number of anilines is 2. The highest BCUT2D eigenvalue weighted by molar-refractivity contribution is 6.29. The number of carbonyl (C=O) groups is 1. The summed E-state index contributed by atoms with van der Waals surface area (Å²) >= 11 is 6.02. The summed E-state index contributed by atoms with van der Waals surface area (Å²) < 4.78 is 35.9. The molecule has 4 rings (SSSR count). The number of ether oxygens (including phenoxy) is 1. The number of aromatic nitrogens is 3. The first-order valence-electron chi connectivity index (χ1n) is 9.69. The predicted octanol–water partition coefficient (Wildman–Crippen LogP) is 4.32. The van der Waals surface area contributed by atoms with Gasteiger partial charge in [0.05, 0.1) is 29.6 Å². The minimum absolute atomic E-state index is 0.308. The van der Waals surface area contributed by atoms with Crippen molar-refractivity contribution in [2.24, 2.45) is 5.41 Å². The number of nitrogens with zero attached hydrogens (tertiary/aromatic N) is 3. The summed E-state index contributed by atoms with van der Waals surface area (Å²) in [6, 6.07) is 8.23. The second-order valence-corrected chi connectivity index (χ2v) is 8.14. The number of methoxy groups -OCH3 is 1. The first-order chi connectivity index (χ1) is 14.6. The maximum atomic E-state index is 14.4. The van der Waals surface area contributed by atoms with Gasteiger partial charge in [0.2, 0.25) is 5.91 Å². The fourth-order valence-electron chi connectivity index (χ4n) is 4.05. The SMILES string of the molecule is CNC(=O)C1(C)C(c2ccc(Nc3cnc4cc(Cl)nn4c3[C@H](C)OC)cc2)C1(F)F. The molecule has 3 aromatic rings. The Balaban J connectivity index is 1.63. The van der Waals surface area contributed by atoms with Gasteiger partial charge in [0.1, 0.15) is 5.41 Å². The van der Waals surface area contributed by atoms with Crippen molar-refractivity contribution in [1.29, 1.82) is 0 Å². The number of fused-ring (bicyclic) bond motifs is 1. The van der Waals surface area contributed by atoms with E-state index in [1.165, 1.54) is 14.0 Å². The van der Waals surface area contributed by atoms with E-state index in [4.69, 9.17) is 16.3 Å². The molecule has 164 valence electrons. The van der Waals surface area contributed by atoms with Gasteiger partial charge in [-0.25, -0.2) is 18.3 Å². The number of halogens is 3. The van der Waals surface area contributed by atoms with Crippen LogP contribution < -0.4 is 10.6 Å². The zero-order valence-corrected chi connectivity index (χ0v) is 18.2. The van der Waals surface area contributed by atoms with E-state index in [2.05, 4.69) is 20.7 Å². The van der Waals surface area contributed by atoms with E-state index in [0.29, 0.717) is 33.4 Å². The molecule has 0 radical (unpaired) electrons. The van der Waals surface area contributed by atoms with E-state index in [-0.39, 0.29) is 6.10 Å². The van der Waals surface area contributed by atoms with E-state index >= 15 is 0 Å². The van der Waals surface area contributed by atoms with Crippen molar-refractivity contribution < 1.29 is 18.3 Å². The Bertz CT molecular complexity index is 1150. The molecule has 7 nitrogen and oxygen atoms in total. The summed E-state index contributed by atoms with van der Waals surface area (Å²) in [7, 11) is 2.95.